The third-order valence-electron chi connectivity index (χ3n) is 6.81. The van der Waals surface area contributed by atoms with Crippen molar-refractivity contribution in [3.63, 3.8) is 0 Å². The summed E-state index contributed by atoms with van der Waals surface area (Å²) >= 11 is 0. The number of ether oxygens (including phenoxy) is 2. The lowest BCUT2D eigenvalue weighted by Crippen LogP contribution is -2.36. The molecular weight excluding hydrogens is 578 g/mol. The van der Waals surface area contributed by atoms with E-state index in [1.54, 1.807) is 0 Å². The number of morpholine rings is 2. The topological polar surface area (TPSA) is 153 Å². The quantitative estimate of drug-likeness (QED) is 0.411. The highest BCUT2D eigenvalue weighted by Gasteiger charge is 2.11. The molecule has 0 saturated carbocycles. The van der Waals surface area contributed by atoms with Crippen molar-refractivity contribution in [1.29, 1.82) is 0 Å². The summed E-state index contributed by atoms with van der Waals surface area (Å²) in [5, 5.41) is 0. The zero-order valence-electron chi connectivity index (χ0n) is 26.7. The van der Waals surface area contributed by atoms with E-state index in [2.05, 4.69) is 86.9 Å². The largest absolute Gasteiger partial charge is 0.399 e. The van der Waals surface area contributed by atoms with E-state index in [9.17, 15) is 0 Å². The van der Waals surface area contributed by atoms with Gasteiger partial charge in [0, 0.05) is 43.2 Å². The van der Waals surface area contributed by atoms with E-state index in [4.69, 9.17) is 44.0 Å². The second-order valence-electron chi connectivity index (χ2n) is 9.90. The minimum Gasteiger partial charge on any atom is -0.399 e. The number of benzene rings is 3. The Bertz CT molecular complexity index is 1320. The lowest BCUT2D eigenvalue weighted by molar-refractivity contribution is -0.193. The van der Waals surface area contributed by atoms with Crippen LogP contribution in [0, 0.1) is 34.6 Å². The van der Waals surface area contributed by atoms with Gasteiger partial charge in [-0.2, -0.15) is 28.8 Å². The second kappa shape index (κ2) is 24.6. The molecule has 3 aromatic carbocycles. The molecule has 11 nitrogen and oxygen atoms in total. The van der Waals surface area contributed by atoms with Crippen LogP contribution in [0.15, 0.2) is 60.7 Å². The third-order valence-corrected chi connectivity index (χ3v) is 6.81. The molecule has 242 valence electrons. The molecule has 2 aliphatic rings. The van der Waals surface area contributed by atoms with Crippen molar-refractivity contribution in [1.82, 2.24) is 0 Å². The Morgan fingerprint density at radius 2 is 0.867 bits per heavy atom. The van der Waals surface area contributed by atoms with E-state index in [1.165, 1.54) is 39.2 Å². The molecule has 2 fully saturated rings. The van der Waals surface area contributed by atoms with Crippen LogP contribution in [0.2, 0.25) is 0 Å². The van der Waals surface area contributed by atoms with Crippen LogP contribution in [0.5, 0.6) is 0 Å². The van der Waals surface area contributed by atoms with E-state index in [-0.39, 0.29) is 18.5 Å². The number of carbonyl (C=O) groups excluding carboxylic acids is 6. The molecule has 0 radical (unpaired) electrons. The maximum absolute atomic E-state index is 8.12. The van der Waals surface area contributed by atoms with Crippen LogP contribution in [0.3, 0.4) is 0 Å². The van der Waals surface area contributed by atoms with Gasteiger partial charge in [-0.25, -0.2) is 0 Å². The molecule has 5 rings (SSSR count). The molecule has 2 heterocycles. The van der Waals surface area contributed by atoms with Crippen LogP contribution in [0.1, 0.15) is 27.8 Å². The molecule has 2 saturated heterocycles. The average molecular weight is 622 g/mol. The molecule has 2 N–H and O–H groups in total. The Labute approximate surface area is 264 Å². The fraction of sp³-hybridized carbons (Fsp3) is 0.382. The van der Waals surface area contributed by atoms with Gasteiger partial charge < -0.3 is 25.0 Å². The van der Waals surface area contributed by atoms with E-state index in [0.29, 0.717) is 0 Å². The Morgan fingerprint density at radius 3 is 1.24 bits per heavy atom. The van der Waals surface area contributed by atoms with Crippen molar-refractivity contribution < 1.29 is 38.2 Å². The Kier molecular flexibility index (Phi) is 21.9. The molecule has 0 aromatic heterocycles. The Balaban J connectivity index is 0.000000578. The molecule has 11 heteroatoms. The van der Waals surface area contributed by atoms with Crippen molar-refractivity contribution in [2.75, 3.05) is 68.1 Å². The molecule has 0 amide bonds. The maximum Gasteiger partial charge on any atom is 0.373 e. The van der Waals surface area contributed by atoms with Gasteiger partial charge in [0.15, 0.2) is 0 Å². The lowest BCUT2D eigenvalue weighted by atomic mass is 10.1. The van der Waals surface area contributed by atoms with Gasteiger partial charge in [-0.15, -0.1) is 0 Å². The average Bonchev–Trinajstić information content (AvgIpc) is 3.04. The van der Waals surface area contributed by atoms with Gasteiger partial charge in [0.2, 0.25) is 0 Å². The first-order valence-corrected chi connectivity index (χ1v) is 14.2. The lowest BCUT2D eigenvalue weighted by Gasteiger charge is -2.29. The van der Waals surface area contributed by atoms with Crippen molar-refractivity contribution in [3.05, 3.63) is 88.5 Å². The smallest absolute Gasteiger partial charge is 0.373 e. The van der Waals surface area contributed by atoms with Gasteiger partial charge in [-0.05, 0) is 93.3 Å². The standard InChI is InChI=1S/C12H17NO.C11H15NO.C8H11N.3CO2/c1-10-3-4-12(9-11(10)2)13-5-7-14-8-6-13;1-10-2-4-11(5-3-10)12-6-8-13-9-7-12;1-6-3-4-8(9)5-7(6)2;3*2-1-3/h3-4,9H,5-8H2,1-2H3;2-5H,6-9H2,1H3;3-5H,9H2,1-2H3;;;. The van der Waals surface area contributed by atoms with Crippen molar-refractivity contribution in [2.24, 2.45) is 0 Å². The molecule has 45 heavy (non-hydrogen) atoms. The number of anilines is 3. The molecular formula is C34H43N3O8. The van der Waals surface area contributed by atoms with Gasteiger partial charge in [-0.1, -0.05) is 29.8 Å². The van der Waals surface area contributed by atoms with Crippen LogP contribution >= 0.6 is 0 Å². The van der Waals surface area contributed by atoms with Crippen molar-refractivity contribution in [3.8, 4) is 0 Å². The van der Waals surface area contributed by atoms with Crippen LogP contribution < -0.4 is 15.5 Å². The van der Waals surface area contributed by atoms with E-state index < -0.39 is 0 Å². The monoisotopic (exact) mass is 621 g/mol. The number of nitrogens with two attached hydrogens (primary N) is 1. The Morgan fingerprint density at radius 1 is 0.511 bits per heavy atom. The Hall–Kier alpha value is -4.88. The van der Waals surface area contributed by atoms with Gasteiger partial charge in [0.05, 0.1) is 26.4 Å². The first-order chi connectivity index (χ1) is 21.6. The fourth-order valence-electron chi connectivity index (χ4n) is 4.09. The first kappa shape index (κ1) is 40.1. The summed E-state index contributed by atoms with van der Waals surface area (Å²) < 4.78 is 10.6. The maximum atomic E-state index is 8.12. The summed E-state index contributed by atoms with van der Waals surface area (Å²) in [4.78, 5) is 53.5. The molecule has 0 bridgehead atoms. The molecule has 0 atom stereocenters. The highest BCUT2D eigenvalue weighted by molar-refractivity contribution is 5.51. The van der Waals surface area contributed by atoms with E-state index in [0.717, 1.165) is 58.3 Å². The van der Waals surface area contributed by atoms with E-state index >= 15 is 0 Å². The summed E-state index contributed by atoms with van der Waals surface area (Å²) in [6.45, 7) is 18.1. The highest BCUT2D eigenvalue weighted by atomic mass is 16.5. The SMILES string of the molecule is Cc1ccc(N)cc1C.Cc1ccc(N2CCOCC2)cc1.Cc1ccc(N2CCOCC2)cc1C.O=C=O.O=C=O.O=C=O. The van der Waals surface area contributed by atoms with Gasteiger partial charge in [0.25, 0.3) is 0 Å². The number of hydrogen-bond donors (Lipinski definition) is 1. The van der Waals surface area contributed by atoms with Crippen LogP contribution in [0.4, 0.5) is 17.1 Å². The van der Waals surface area contributed by atoms with Gasteiger partial charge in [-0.3, -0.25) is 0 Å². The number of rotatable bonds is 2. The first-order valence-electron chi connectivity index (χ1n) is 14.2. The predicted octanol–water partition coefficient (Wildman–Crippen LogP) is 4.11. The number of hydrogen-bond acceptors (Lipinski definition) is 11. The zero-order chi connectivity index (χ0) is 34.0. The number of nitrogens with zero attached hydrogens (tertiary/aromatic N) is 2. The second-order valence-corrected chi connectivity index (χ2v) is 9.90. The molecule has 0 unspecified atom stereocenters. The van der Waals surface area contributed by atoms with Crippen molar-refractivity contribution >= 4 is 35.5 Å². The van der Waals surface area contributed by atoms with Gasteiger partial charge in [0.1, 0.15) is 0 Å². The number of aryl methyl sites for hydroxylation is 5. The highest BCUT2D eigenvalue weighted by Crippen LogP contribution is 2.19. The third kappa shape index (κ3) is 17.7. The summed E-state index contributed by atoms with van der Waals surface area (Å²) in [6, 6.07) is 21.3. The molecule has 2 aliphatic heterocycles. The minimum absolute atomic E-state index is 0.250. The normalized spacial score (nSPS) is 12.8. The minimum atomic E-state index is 0.250. The van der Waals surface area contributed by atoms with Gasteiger partial charge >= 0.3 is 18.5 Å². The fourth-order valence-corrected chi connectivity index (χ4v) is 4.09. The van der Waals surface area contributed by atoms with Crippen LogP contribution in [-0.4, -0.2) is 71.1 Å². The summed E-state index contributed by atoms with van der Waals surface area (Å²) in [7, 11) is 0. The van der Waals surface area contributed by atoms with E-state index in [1.807, 2.05) is 18.2 Å². The zero-order valence-corrected chi connectivity index (χ0v) is 26.7. The summed E-state index contributed by atoms with van der Waals surface area (Å²) in [5.41, 5.74) is 15.6. The molecule has 0 aliphatic carbocycles. The van der Waals surface area contributed by atoms with Crippen LogP contribution in [0.25, 0.3) is 0 Å². The summed E-state index contributed by atoms with van der Waals surface area (Å²) in [6.07, 6.45) is 0.750. The predicted molar refractivity (Wildman–Crippen MR) is 169 cm³/mol. The molecule has 3 aromatic rings. The van der Waals surface area contributed by atoms with Crippen LogP contribution in [-0.2, 0) is 38.2 Å². The van der Waals surface area contributed by atoms with Crippen molar-refractivity contribution in [2.45, 2.75) is 34.6 Å². The molecule has 0 spiro atoms. The number of nitrogen functional groups attached to an aromatic ring is 1. The summed E-state index contributed by atoms with van der Waals surface area (Å²) in [5.74, 6) is 0.